The highest BCUT2D eigenvalue weighted by Gasteiger charge is 2.28. The molecule has 10 heteroatoms. The number of nitrogens with one attached hydrogen (secondary N) is 1. The lowest BCUT2D eigenvalue weighted by molar-refractivity contribution is -0.124. The smallest absolute Gasteiger partial charge is 0.246 e. The average Bonchev–Trinajstić information content (AvgIpc) is 3.43. The van der Waals surface area contributed by atoms with Gasteiger partial charge in [-0.15, -0.1) is 10.2 Å². The summed E-state index contributed by atoms with van der Waals surface area (Å²) in [5.74, 6) is 1.58. The van der Waals surface area contributed by atoms with Gasteiger partial charge in [0, 0.05) is 49.5 Å². The van der Waals surface area contributed by atoms with Crippen LogP contribution in [0.1, 0.15) is 40.8 Å². The van der Waals surface area contributed by atoms with E-state index in [1.54, 1.807) is 11.6 Å². The summed E-state index contributed by atoms with van der Waals surface area (Å²) in [6, 6.07) is 1.94. The molecule has 3 aromatic rings. The third-order valence-electron chi connectivity index (χ3n) is 5.33. The van der Waals surface area contributed by atoms with Gasteiger partial charge in [0.05, 0.1) is 11.4 Å². The molecular weight excluding hydrogens is 400 g/mol. The highest BCUT2D eigenvalue weighted by atomic mass is 32.1. The zero-order chi connectivity index (χ0) is 21.3. The number of nitrogens with zero attached hydrogens (tertiary/aromatic N) is 7. The van der Waals surface area contributed by atoms with E-state index < -0.39 is 0 Å². The molecule has 1 fully saturated rings. The topological polar surface area (TPSA) is 102 Å². The van der Waals surface area contributed by atoms with Gasteiger partial charge in [0.1, 0.15) is 17.2 Å². The van der Waals surface area contributed by atoms with Gasteiger partial charge in [-0.05, 0) is 33.3 Å². The minimum atomic E-state index is 0.0122. The predicted molar refractivity (Wildman–Crippen MR) is 116 cm³/mol. The van der Waals surface area contributed by atoms with Gasteiger partial charge < -0.3 is 10.2 Å². The Morgan fingerprint density at radius 3 is 2.83 bits per heavy atom. The molecule has 156 valence electrons. The Kier molecular flexibility index (Phi) is 5.58. The first kappa shape index (κ1) is 20.1. The number of rotatable bonds is 5. The van der Waals surface area contributed by atoms with E-state index in [2.05, 4.69) is 30.6 Å². The van der Waals surface area contributed by atoms with E-state index in [1.807, 2.05) is 49.5 Å². The lowest BCUT2D eigenvalue weighted by Crippen LogP contribution is -2.26. The monoisotopic (exact) mass is 424 g/mol. The maximum absolute atomic E-state index is 12.7. The minimum absolute atomic E-state index is 0.0122. The Labute approximate surface area is 178 Å². The largest absolute Gasteiger partial charge is 0.338 e. The Morgan fingerprint density at radius 2 is 2.13 bits per heavy atom. The number of amides is 1. The number of carbonyl (C=O) groups is 1. The van der Waals surface area contributed by atoms with Crippen LogP contribution in [0.5, 0.6) is 0 Å². The quantitative estimate of drug-likeness (QED) is 0.628. The summed E-state index contributed by atoms with van der Waals surface area (Å²) >= 11 is 1.41. The summed E-state index contributed by atoms with van der Waals surface area (Å²) in [7, 11) is 1.91. The summed E-state index contributed by atoms with van der Waals surface area (Å²) in [6.07, 6.45) is 4.39. The van der Waals surface area contributed by atoms with Gasteiger partial charge in [-0.1, -0.05) is 11.3 Å². The molecule has 9 nitrogen and oxygen atoms in total. The Balaban J connectivity index is 1.44. The van der Waals surface area contributed by atoms with Crippen molar-refractivity contribution in [3.8, 4) is 0 Å². The lowest BCUT2D eigenvalue weighted by atomic mass is 10.0. The number of aryl methyl sites for hydroxylation is 3. The third kappa shape index (κ3) is 4.23. The number of hydrogen-bond donors (Lipinski definition) is 1. The molecule has 0 bridgehead atoms. The van der Waals surface area contributed by atoms with Crippen LogP contribution in [-0.2, 0) is 11.8 Å². The van der Waals surface area contributed by atoms with Crippen molar-refractivity contribution in [2.75, 3.05) is 18.4 Å². The Morgan fingerprint density at radius 1 is 1.30 bits per heavy atom. The zero-order valence-corrected chi connectivity index (χ0v) is 18.3. The molecule has 4 rings (SSSR count). The summed E-state index contributed by atoms with van der Waals surface area (Å²) in [4.78, 5) is 23.6. The molecule has 4 heterocycles. The van der Waals surface area contributed by atoms with E-state index in [1.165, 1.54) is 11.3 Å². The molecule has 0 saturated carbocycles. The number of carbonyl (C=O) groups excluding carboxylic acids is 1. The van der Waals surface area contributed by atoms with Gasteiger partial charge >= 0.3 is 0 Å². The number of likely N-dealkylation sites (tertiary alicyclic amines) is 1. The minimum Gasteiger partial charge on any atom is -0.338 e. The van der Waals surface area contributed by atoms with Crippen LogP contribution in [0.2, 0.25) is 0 Å². The van der Waals surface area contributed by atoms with Crippen molar-refractivity contribution in [2.45, 2.75) is 33.1 Å². The van der Waals surface area contributed by atoms with Gasteiger partial charge in [-0.2, -0.15) is 5.10 Å². The molecule has 30 heavy (non-hydrogen) atoms. The summed E-state index contributed by atoms with van der Waals surface area (Å²) in [5, 5.41) is 16.1. The van der Waals surface area contributed by atoms with Crippen molar-refractivity contribution in [3.05, 3.63) is 46.1 Å². The predicted octanol–water partition coefficient (Wildman–Crippen LogP) is 2.76. The van der Waals surface area contributed by atoms with E-state index in [-0.39, 0.29) is 11.8 Å². The van der Waals surface area contributed by atoms with Crippen LogP contribution in [0.4, 0.5) is 10.9 Å². The second-order valence-corrected chi connectivity index (χ2v) is 8.24. The first-order valence-corrected chi connectivity index (χ1v) is 10.6. The molecular formula is C20H24N8OS. The van der Waals surface area contributed by atoms with Crippen LogP contribution in [0.15, 0.2) is 17.7 Å². The van der Waals surface area contributed by atoms with Crippen molar-refractivity contribution in [2.24, 2.45) is 7.05 Å². The molecule has 1 N–H and O–H groups in total. The molecule has 3 aromatic heterocycles. The van der Waals surface area contributed by atoms with E-state index in [0.29, 0.717) is 29.9 Å². The van der Waals surface area contributed by atoms with Crippen LogP contribution < -0.4 is 5.32 Å². The number of anilines is 2. The molecule has 1 saturated heterocycles. The van der Waals surface area contributed by atoms with E-state index in [9.17, 15) is 4.79 Å². The average molecular weight is 425 g/mol. The first-order valence-electron chi connectivity index (χ1n) is 9.76. The van der Waals surface area contributed by atoms with Gasteiger partial charge in [0.15, 0.2) is 0 Å². The van der Waals surface area contributed by atoms with Gasteiger partial charge in [0.25, 0.3) is 0 Å². The first-order chi connectivity index (χ1) is 14.4. The van der Waals surface area contributed by atoms with Crippen molar-refractivity contribution < 1.29 is 4.79 Å². The van der Waals surface area contributed by atoms with E-state index in [4.69, 9.17) is 0 Å². The molecule has 1 aliphatic rings. The maximum atomic E-state index is 12.7. The molecule has 1 atom stereocenters. The third-order valence-corrected chi connectivity index (χ3v) is 5.94. The fraction of sp³-hybridized carbons (Fsp3) is 0.400. The second kappa shape index (κ2) is 8.31. The van der Waals surface area contributed by atoms with Crippen LogP contribution >= 0.6 is 11.3 Å². The van der Waals surface area contributed by atoms with Crippen molar-refractivity contribution >= 4 is 34.3 Å². The molecule has 0 unspecified atom stereocenters. The fourth-order valence-electron chi connectivity index (χ4n) is 3.69. The van der Waals surface area contributed by atoms with Gasteiger partial charge in [-0.25, -0.2) is 9.97 Å². The summed E-state index contributed by atoms with van der Waals surface area (Å²) in [5.41, 5.74) is 5.57. The maximum Gasteiger partial charge on any atom is 0.246 e. The van der Waals surface area contributed by atoms with Crippen LogP contribution in [0.3, 0.4) is 0 Å². The fourth-order valence-corrected chi connectivity index (χ4v) is 4.15. The standard InChI is InChI=1S/C20H24N8OS/c1-12-16(13(2)27(4)26-12)5-6-19(29)28-8-7-15(10-28)17-9-18(23-14(3)22-17)24-20-25-21-11-30-20/h5-6,9,11,15H,7-8,10H2,1-4H3,(H,22,23,24,25)/b6-5+/t15-/m1/s1. The molecule has 0 aliphatic carbocycles. The van der Waals surface area contributed by atoms with Gasteiger partial charge in [-0.3, -0.25) is 9.48 Å². The van der Waals surface area contributed by atoms with E-state index in [0.717, 1.165) is 29.1 Å². The zero-order valence-electron chi connectivity index (χ0n) is 17.5. The summed E-state index contributed by atoms with van der Waals surface area (Å²) in [6.45, 7) is 7.17. The Bertz CT molecular complexity index is 1090. The van der Waals surface area contributed by atoms with Crippen LogP contribution in [0, 0.1) is 20.8 Å². The lowest BCUT2D eigenvalue weighted by Gasteiger charge is -2.15. The molecule has 0 spiro atoms. The van der Waals surface area contributed by atoms with E-state index >= 15 is 0 Å². The second-order valence-electron chi connectivity index (χ2n) is 7.41. The molecule has 0 aromatic carbocycles. The van der Waals surface area contributed by atoms with Crippen LogP contribution in [-0.4, -0.2) is 53.8 Å². The normalized spacial score (nSPS) is 16.5. The highest BCUT2D eigenvalue weighted by Crippen LogP contribution is 2.28. The molecule has 1 aliphatic heterocycles. The summed E-state index contributed by atoms with van der Waals surface area (Å²) < 4.78 is 1.83. The molecule has 1 amide bonds. The van der Waals surface area contributed by atoms with Gasteiger partial charge in [0.2, 0.25) is 11.0 Å². The molecule has 0 radical (unpaired) electrons. The highest BCUT2D eigenvalue weighted by molar-refractivity contribution is 7.13. The SMILES string of the molecule is Cc1nc(Nc2nncs2)cc([C@@H]2CCN(C(=O)/C=C/c3c(C)nn(C)c3C)C2)n1. The van der Waals surface area contributed by atoms with Crippen molar-refractivity contribution in [3.63, 3.8) is 0 Å². The number of hydrogen-bond acceptors (Lipinski definition) is 8. The van der Waals surface area contributed by atoms with Crippen LogP contribution in [0.25, 0.3) is 6.08 Å². The van der Waals surface area contributed by atoms with Crippen molar-refractivity contribution in [1.29, 1.82) is 0 Å². The number of aromatic nitrogens is 6. The van der Waals surface area contributed by atoms with Crippen molar-refractivity contribution in [1.82, 2.24) is 34.8 Å². The Hall–Kier alpha value is -3.14.